The van der Waals surface area contributed by atoms with Crippen molar-refractivity contribution in [3.8, 4) is 0 Å². The van der Waals surface area contributed by atoms with Crippen molar-refractivity contribution in [2.45, 2.75) is 44.2 Å². The maximum Gasteiger partial charge on any atom is 0.338 e. The molecule has 0 amide bonds. The van der Waals surface area contributed by atoms with E-state index in [1.807, 2.05) is 30.3 Å². The first kappa shape index (κ1) is 19.9. The second-order valence-electron chi connectivity index (χ2n) is 6.43. The Labute approximate surface area is 162 Å². The highest BCUT2D eigenvalue weighted by Gasteiger charge is 2.46. The Balaban J connectivity index is 1.78. The Hall–Kier alpha value is -2.90. The minimum absolute atomic E-state index is 0.205. The summed E-state index contributed by atoms with van der Waals surface area (Å²) in [4.78, 5) is 15.2. The minimum Gasteiger partial charge on any atom is -0.451 e. The molecule has 2 aromatic rings. The molecule has 0 spiro atoms. The van der Waals surface area contributed by atoms with Crippen molar-refractivity contribution >= 4 is 5.97 Å². The molecule has 0 saturated carbocycles. The van der Waals surface area contributed by atoms with E-state index in [-0.39, 0.29) is 6.61 Å². The number of benzene rings is 2. The van der Waals surface area contributed by atoms with Crippen molar-refractivity contribution in [3.05, 3.63) is 82.2 Å². The van der Waals surface area contributed by atoms with Crippen LogP contribution in [0.1, 0.15) is 22.8 Å². The van der Waals surface area contributed by atoms with Gasteiger partial charge < -0.3 is 19.3 Å². The van der Waals surface area contributed by atoms with Crippen molar-refractivity contribution in [2.75, 3.05) is 0 Å². The summed E-state index contributed by atoms with van der Waals surface area (Å²) < 4.78 is 17.1. The molecule has 8 nitrogen and oxygen atoms in total. The monoisotopic (exact) mass is 383 g/mol. The molecule has 0 bridgehead atoms. The normalized spacial score (nSPS) is 26.9. The fourth-order valence-electron chi connectivity index (χ4n) is 3.00. The lowest BCUT2D eigenvalue weighted by Crippen LogP contribution is -2.58. The highest BCUT2D eigenvalue weighted by Crippen LogP contribution is 2.28. The summed E-state index contributed by atoms with van der Waals surface area (Å²) in [6, 6.07) is 16.9. The summed E-state index contributed by atoms with van der Waals surface area (Å²) in [5.41, 5.74) is 10.0. The van der Waals surface area contributed by atoms with Gasteiger partial charge in [-0.1, -0.05) is 53.6 Å². The van der Waals surface area contributed by atoms with Crippen LogP contribution in [0.2, 0.25) is 0 Å². The Morgan fingerprint density at radius 3 is 2.46 bits per heavy atom. The van der Waals surface area contributed by atoms with E-state index in [9.17, 15) is 9.90 Å². The molecule has 1 aliphatic rings. The van der Waals surface area contributed by atoms with Gasteiger partial charge in [0.25, 0.3) is 0 Å². The fourth-order valence-corrected chi connectivity index (χ4v) is 3.00. The molecule has 2 aromatic carbocycles. The number of nitrogens with zero attached hydrogens (tertiary/aromatic N) is 3. The van der Waals surface area contributed by atoms with Gasteiger partial charge in [-0.25, -0.2) is 4.79 Å². The Kier molecular flexibility index (Phi) is 6.62. The van der Waals surface area contributed by atoms with E-state index >= 15 is 0 Å². The molecule has 28 heavy (non-hydrogen) atoms. The van der Waals surface area contributed by atoms with Crippen LogP contribution in [0.5, 0.6) is 0 Å². The van der Waals surface area contributed by atoms with Crippen LogP contribution in [-0.2, 0) is 20.8 Å². The predicted molar refractivity (Wildman–Crippen MR) is 100 cm³/mol. The molecule has 0 unspecified atom stereocenters. The second kappa shape index (κ2) is 9.34. The van der Waals surface area contributed by atoms with Gasteiger partial charge in [0.1, 0.15) is 6.10 Å². The number of azide groups is 1. The zero-order valence-corrected chi connectivity index (χ0v) is 15.3. The number of rotatable bonds is 6. The van der Waals surface area contributed by atoms with Crippen LogP contribution in [0.15, 0.2) is 65.8 Å². The standard InChI is InChI=1S/C20H21N3O5/c1-13-16(22-23-21)17(24)18(28-19(25)15-10-6-3-7-11-15)20(27-13)26-12-14-8-4-2-5-9-14/h2-11,13,16-18,20,24H,12H2,1H3/t13-,16-,17+,18+,20+/m1/s1. The van der Waals surface area contributed by atoms with E-state index in [1.54, 1.807) is 37.3 Å². The molecule has 1 fully saturated rings. The highest BCUT2D eigenvalue weighted by atomic mass is 16.7. The molecule has 1 aliphatic heterocycles. The molecule has 1 N–H and O–H groups in total. The smallest absolute Gasteiger partial charge is 0.338 e. The molecule has 0 aliphatic carbocycles. The van der Waals surface area contributed by atoms with E-state index in [4.69, 9.17) is 19.7 Å². The number of hydrogen-bond donors (Lipinski definition) is 1. The lowest BCUT2D eigenvalue weighted by Gasteiger charge is -2.41. The van der Waals surface area contributed by atoms with Crippen molar-refractivity contribution in [3.63, 3.8) is 0 Å². The van der Waals surface area contributed by atoms with Crippen molar-refractivity contribution in [1.29, 1.82) is 0 Å². The molecule has 0 aromatic heterocycles. The third kappa shape index (κ3) is 4.68. The lowest BCUT2D eigenvalue weighted by molar-refractivity contribution is -0.272. The van der Waals surface area contributed by atoms with E-state index in [0.29, 0.717) is 5.56 Å². The first-order valence-corrected chi connectivity index (χ1v) is 8.89. The van der Waals surface area contributed by atoms with Gasteiger partial charge in [0.05, 0.1) is 24.3 Å². The molecule has 146 valence electrons. The highest BCUT2D eigenvalue weighted by molar-refractivity contribution is 5.89. The van der Waals surface area contributed by atoms with Crippen LogP contribution in [0.4, 0.5) is 0 Å². The predicted octanol–water partition coefficient (Wildman–Crippen LogP) is 3.21. The molecule has 0 radical (unpaired) electrons. The summed E-state index contributed by atoms with van der Waals surface area (Å²) >= 11 is 0. The summed E-state index contributed by atoms with van der Waals surface area (Å²) in [7, 11) is 0. The molecule has 1 saturated heterocycles. The van der Waals surface area contributed by atoms with Gasteiger partial charge in [-0.05, 0) is 30.2 Å². The van der Waals surface area contributed by atoms with E-state index < -0.39 is 36.6 Å². The van der Waals surface area contributed by atoms with Crippen LogP contribution in [0, 0.1) is 0 Å². The summed E-state index contributed by atoms with van der Waals surface area (Å²) in [5.74, 6) is -0.629. The average Bonchev–Trinajstić information content (AvgIpc) is 2.73. The van der Waals surface area contributed by atoms with Crippen LogP contribution in [0.25, 0.3) is 10.4 Å². The van der Waals surface area contributed by atoms with Gasteiger partial charge in [0, 0.05) is 4.91 Å². The third-order valence-corrected chi connectivity index (χ3v) is 4.48. The summed E-state index contributed by atoms with van der Waals surface area (Å²) in [6.07, 6.45) is -4.04. The SMILES string of the molecule is C[C@H]1O[C@H](OCc2ccccc2)[C@@H](OC(=O)c2ccccc2)[C@@H](O)[C@@H]1N=[N+]=[N-]. The number of esters is 1. The Bertz CT molecular complexity index is 826. The van der Waals surface area contributed by atoms with Crippen LogP contribution in [-0.4, -0.2) is 41.7 Å². The van der Waals surface area contributed by atoms with Crippen LogP contribution < -0.4 is 0 Å². The van der Waals surface area contributed by atoms with Crippen LogP contribution >= 0.6 is 0 Å². The van der Waals surface area contributed by atoms with Gasteiger partial charge in [-0.3, -0.25) is 0 Å². The van der Waals surface area contributed by atoms with Gasteiger partial charge in [-0.2, -0.15) is 0 Å². The van der Waals surface area contributed by atoms with E-state index in [2.05, 4.69) is 10.0 Å². The zero-order chi connectivity index (χ0) is 19.9. The number of aliphatic hydroxyl groups is 1. The molecule has 8 heteroatoms. The Morgan fingerprint density at radius 1 is 1.18 bits per heavy atom. The maximum absolute atomic E-state index is 12.5. The number of hydrogen-bond acceptors (Lipinski definition) is 6. The second-order valence-corrected chi connectivity index (χ2v) is 6.43. The largest absolute Gasteiger partial charge is 0.451 e. The average molecular weight is 383 g/mol. The van der Waals surface area contributed by atoms with Crippen molar-refractivity contribution < 1.29 is 24.1 Å². The Morgan fingerprint density at radius 2 is 1.82 bits per heavy atom. The van der Waals surface area contributed by atoms with Crippen molar-refractivity contribution in [1.82, 2.24) is 0 Å². The molecule has 3 rings (SSSR count). The molecular formula is C20H21N3O5. The molecule has 1 heterocycles. The van der Waals surface area contributed by atoms with Gasteiger partial charge >= 0.3 is 5.97 Å². The summed E-state index contributed by atoms with van der Waals surface area (Å²) in [5, 5.41) is 14.3. The zero-order valence-electron chi connectivity index (χ0n) is 15.3. The maximum atomic E-state index is 12.5. The first-order valence-electron chi connectivity index (χ1n) is 8.89. The fraction of sp³-hybridized carbons (Fsp3) is 0.350. The van der Waals surface area contributed by atoms with Gasteiger partial charge in [0.2, 0.25) is 0 Å². The number of aliphatic hydroxyl groups excluding tert-OH is 1. The van der Waals surface area contributed by atoms with Gasteiger partial charge in [-0.15, -0.1) is 0 Å². The number of ether oxygens (including phenoxy) is 3. The minimum atomic E-state index is -1.27. The number of carbonyl (C=O) groups excluding carboxylic acids is 1. The van der Waals surface area contributed by atoms with E-state index in [1.165, 1.54) is 0 Å². The van der Waals surface area contributed by atoms with Gasteiger partial charge in [0.15, 0.2) is 12.4 Å². The topological polar surface area (TPSA) is 114 Å². The quantitative estimate of drug-likeness (QED) is 0.356. The first-order chi connectivity index (χ1) is 13.6. The molecular weight excluding hydrogens is 362 g/mol. The lowest BCUT2D eigenvalue weighted by atomic mass is 9.97. The van der Waals surface area contributed by atoms with Crippen LogP contribution in [0.3, 0.4) is 0 Å². The molecule has 5 atom stereocenters. The summed E-state index contributed by atoms with van der Waals surface area (Å²) in [6.45, 7) is 1.87. The number of carbonyl (C=O) groups is 1. The van der Waals surface area contributed by atoms with E-state index in [0.717, 1.165) is 5.56 Å². The van der Waals surface area contributed by atoms with Crippen molar-refractivity contribution in [2.24, 2.45) is 5.11 Å². The third-order valence-electron chi connectivity index (χ3n) is 4.48.